The van der Waals surface area contributed by atoms with Crippen LogP contribution in [0.3, 0.4) is 0 Å². The van der Waals surface area contributed by atoms with Gasteiger partial charge in [0.15, 0.2) is 23.7 Å². The highest BCUT2D eigenvalue weighted by Gasteiger charge is 2.53. The fraction of sp³-hybridized carbons (Fsp3) is 0.353. The standard InChI is InChI=1S/C17H16N4O5/c22-6-10-12-13(26-17(25-12)9-4-2-1-3-5-9)16(24-10)21-8-20-11-14(21)18-7-19-15(11)23/h1-5,7-8,10,12-13,16-17,22H,6H2,(H,18,19,23). The predicted molar refractivity (Wildman–Crippen MR) is 88.1 cm³/mol. The second-order valence-corrected chi connectivity index (χ2v) is 6.25. The first-order chi connectivity index (χ1) is 12.8. The Hall–Kier alpha value is -2.59. The minimum atomic E-state index is -0.606. The molecule has 0 spiro atoms. The molecule has 9 heteroatoms. The van der Waals surface area contributed by atoms with Gasteiger partial charge in [-0.1, -0.05) is 30.3 Å². The number of nitrogens with zero attached hydrogens (tertiary/aromatic N) is 3. The topological polar surface area (TPSA) is 111 Å². The summed E-state index contributed by atoms with van der Waals surface area (Å²) >= 11 is 0. The molecule has 0 bridgehead atoms. The van der Waals surface area contributed by atoms with Gasteiger partial charge in [0.1, 0.15) is 18.3 Å². The highest BCUT2D eigenvalue weighted by Crippen LogP contribution is 2.44. The van der Waals surface area contributed by atoms with Crippen LogP contribution in [-0.2, 0) is 14.2 Å². The van der Waals surface area contributed by atoms with E-state index in [1.165, 1.54) is 12.7 Å². The van der Waals surface area contributed by atoms with Gasteiger partial charge in [-0.25, -0.2) is 9.97 Å². The third-order valence-corrected chi connectivity index (χ3v) is 4.74. The molecule has 2 aliphatic heterocycles. The first-order valence-electron chi connectivity index (χ1n) is 8.28. The maximum atomic E-state index is 11.9. The van der Waals surface area contributed by atoms with E-state index in [2.05, 4.69) is 15.0 Å². The zero-order chi connectivity index (χ0) is 17.7. The fourth-order valence-electron chi connectivity index (χ4n) is 3.52. The van der Waals surface area contributed by atoms with Crippen LogP contribution in [0.2, 0.25) is 0 Å². The van der Waals surface area contributed by atoms with Crippen LogP contribution < -0.4 is 5.56 Å². The molecule has 0 saturated carbocycles. The molecule has 5 unspecified atom stereocenters. The number of hydrogen-bond acceptors (Lipinski definition) is 7. The van der Waals surface area contributed by atoms with Crippen LogP contribution >= 0.6 is 0 Å². The van der Waals surface area contributed by atoms with Gasteiger partial charge in [0.05, 0.1) is 19.3 Å². The van der Waals surface area contributed by atoms with Crippen molar-refractivity contribution in [1.29, 1.82) is 0 Å². The summed E-state index contributed by atoms with van der Waals surface area (Å²) in [5, 5.41) is 9.69. The van der Waals surface area contributed by atoms with Crippen molar-refractivity contribution in [3.63, 3.8) is 0 Å². The van der Waals surface area contributed by atoms with Gasteiger partial charge < -0.3 is 24.3 Å². The van der Waals surface area contributed by atoms with Gasteiger partial charge in [-0.3, -0.25) is 9.36 Å². The van der Waals surface area contributed by atoms with Crippen molar-refractivity contribution in [2.75, 3.05) is 6.61 Å². The molecule has 0 radical (unpaired) electrons. The Balaban J connectivity index is 1.52. The second kappa shape index (κ2) is 5.99. The lowest BCUT2D eigenvalue weighted by atomic mass is 10.1. The zero-order valence-corrected chi connectivity index (χ0v) is 13.6. The second-order valence-electron chi connectivity index (χ2n) is 6.25. The molecule has 3 aromatic rings. The van der Waals surface area contributed by atoms with Crippen molar-refractivity contribution in [2.45, 2.75) is 30.8 Å². The number of benzene rings is 1. The molecular formula is C17H16N4O5. The first kappa shape index (κ1) is 15.6. The maximum absolute atomic E-state index is 11.9. The van der Waals surface area contributed by atoms with E-state index in [9.17, 15) is 9.90 Å². The van der Waals surface area contributed by atoms with Crippen LogP contribution in [0.1, 0.15) is 18.1 Å². The average molecular weight is 356 g/mol. The van der Waals surface area contributed by atoms with E-state index in [0.717, 1.165) is 5.56 Å². The molecule has 134 valence electrons. The highest BCUT2D eigenvalue weighted by molar-refractivity contribution is 5.68. The van der Waals surface area contributed by atoms with Crippen molar-refractivity contribution in [3.8, 4) is 0 Å². The quantitative estimate of drug-likeness (QED) is 0.702. The minimum Gasteiger partial charge on any atom is -0.394 e. The Labute approximate surface area is 147 Å². The minimum absolute atomic E-state index is 0.205. The number of aromatic amines is 1. The Morgan fingerprint density at radius 3 is 2.73 bits per heavy atom. The zero-order valence-electron chi connectivity index (χ0n) is 13.6. The Morgan fingerprint density at radius 2 is 1.92 bits per heavy atom. The Bertz CT molecular complexity index is 987. The largest absolute Gasteiger partial charge is 0.394 e. The normalized spacial score (nSPS) is 30.7. The number of ether oxygens (including phenoxy) is 3. The van der Waals surface area contributed by atoms with E-state index in [0.29, 0.717) is 5.65 Å². The van der Waals surface area contributed by atoms with Crippen molar-refractivity contribution in [3.05, 3.63) is 58.9 Å². The lowest BCUT2D eigenvalue weighted by Crippen LogP contribution is -2.30. The summed E-state index contributed by atoms with van der Waals surface area (Å²) in [6, 6.07) is 9.58. The summed E-state index contributed by atoms with van der Waals surface area (Å²) in [4.78, 5) is 22.7. The number of nitrogens with one attached hydrogen (secondary N) is 1. The van der Waals surface area contributed by atoms with E-state index >= 15 is 0 Å². The van der Waals surface area contributed by atoms with Gasteiger partial charge in [0.2, 0.25) is 0 Å². The van der Waals surface area contributed by atoms with Crippen LogP contribution in [0.4, 0.5) is 0 Å². The highest BCUT2D eigenvalue weighted by atomic mass is 16.8. The van der Waals surface area contributed by atoms with Crippen LogP contribution in [0, 0.1) is 0 Å². The monoisotopic (exact) mass is 356 g/mol. The van der Waals surface area contributed by atoms with Crippen LogP contribution in [0.5, 0.6) is 0 Å². The molecule has 9 nitrogen and oxygen atoms in total. The summed E-state index contributed by atoms with van der Waals surface area (Å²) in [5.74, 6) is 0. The molecule has 5 atom stereocenters. The van der Waals surface area contributed by atoms with Gasteiger partial charge in [-0.15, -0.1) is 0 Å². The van der Waals surface area contributed by atoms with Gasteiger partial charge in [-0.05, 0) is 0 Å². The number of rotatable bonds is 3. The van der Waals surface area contributed by atoms with Gasteiger partial charge in [0, 0.05) is 5.56 Å². The molecule has 0 aliphatic carbocycles. The lowest BCUT2D eigenvalue weighted by molar-refractivity contribution is -0.153. The van der Waals surface area contributed by atoms with E-state index in [1.54, 1.807) is 4.57 Å². The molecular weight excluding hydrogens is 340 g/mol. The number of imidazole rings is 1. The number of hydrogen-bond donors (Lipinski definition) is 2. The van der Waals surface area contributed by atoms with Crippen LogP contribution in [-0.4, -0.2) is 49.5 Å². The third kappa shape index (κ3) is 2.29. The molecule has 5 rings (SSSR count). The summed E-state index contributed by atoms with van der Waals surface area (Å²) < 4.78 is 19.7. The van der Waals surface area contributed by atoms with Crippen molar-refractivity contribution >= 4 is 11.2 Å². The molecule has 4 heterocycles. The van der Waals surface area contributed by atoms with E-state index in [1.807, 2.05) is 30.3 Å². The van der Waals surface area contributed by atoms with E-state index in [4.69, 9.17) is 14.2 Å². The molecule has 26 heavy (non-hydrogen) atoms. The van der Waals surface area contributed by atoms with Gasteiger partial charge in [-0.2, -0.15) is 0 Å². The molecule has 0 amide bonds. The van der Waals surface area contributed by atoms with Crippen molar-refractivity contribution in [1.82, 2.24) is 19.5 Å². The Morgan fingerprint density at radius 1 is 1.12 bits per heavy atom. The molecule has 2 aliphatic rings. The molecule has 2 saturated heterocycles. The number of aliphatic hydroxyl groups is 1. The molecule has 2 N–H and O–H groups in total. The average Bonchev–Trinajstić information content (AvgIpc) is 3.36. The summed E-state index contributed by atoms with van der Waals surface area (Å²) in [6.07, 6.45) is 0.220. The summed E-state index contributed by atoms with van der Waals surface area (Å²) in [5.41, 5.74) is 1.18. The Kier molecular flexibility index (Phi) is 3.61. The van der Waals surface area contributed by atoms with Gasteiger partial charge in [0.25, 0.3) is 5.56 Å². The van der Waals surface area contributed by atoms with Crippen molar-refractivity contribution < 1.29 is 19.3 Å². The van der Waals surface area contributed by atoms with Crippen molar-refractivity contribution in [2.24, 2.45) is 0 Å². The lowest BCUT2D eigenvalue weighted by Gasteiger charge is -2.20. The SMILES string of the molecule is O=c1[nH]cnc2c1ncn2C1OC(CO)C2OC(c3ccccc3)OC21. The number of aliphatic hydroxyl groups excluding tert-OH is 1. The molecule has 1 aromatic carbocycles. The number of fused-ring (bicyclic) bond motifs is 2. The van der Waals surface area contributed by atoms with E-state index in [-0.39, 0.29) is 17.7 Å². The molecule has 2 fully saturated rings. The smallest absolute Gasteiger partial charge is 0.278 e. The number of H-pyrrole nitrogens is 1. The van der Waals surface area contributed by atoms with Crippen LogP contribution in [0.15, 0.2) is 47.8 Å². The fourth-order valence-corrected chi connectivity index (χ4v) is 3.52. The van der Waals surface area contributed by atoms with Crippen LogP contribution in [0.25, 0.3) is 11.2 Å². The van der Waals surface area contributed by atoms with Gasteiger partial charge >= 0.3 is 0 Å². The van der Waals surface area contributed by atoms with E-state index < -0.39 is 30.8 Å². The summed E-state index contributed by atoms with van der Waals surface area (Å²) in [7, 11) is 0. The maximum Gasteiger partial charge on any atom is 0.278 e. The summed E-state index contributed by atoms with van der Waals surface area (Å²) in [6.45, 7) is -0.205. The third-order valence-electron chi connectivity index (χ3n) is 4.74. The number of aromatic nitrogens is 4. The first-order valence-corrected chi connectivity index (χ1v) is 8.28. The molecule has 2 aromatic heterocycles. The predicted octanol–water partition coefficient (Wildman–Crippen LogP) is 0.492.